The topological polar surface area (TPSA) is 54.2 Å². The van der Waals surface area contributed by atoms with Crippen LogP contribution in [0.3, 0.4) is 0 Å². The first kappa shape index (κ1) is 11.9. The van der Waals surface area contributed by atoms with Crippen molar-refractivity contribution in [3.05, 3.63) is 29.3 Å². The minimum absolute atomic E-state index is 0.625. The predicted molar refractivity (Wildman–Crippen MR) is 76.6 cm³/mol. The molecule has 5 heteroatoms. The second-order valence-corrected chi connectivity index (χ2v) is 5.50. The van der Waals surface area contributed by atoms with Crippen LogP contribution in [-0.4, -0.2) is 29.8 Å². The molecule has 4 rings (SSSR count). The van der Waals surface area contributed by atoms with E-state index in [0.29, 0.717) is 5.89 Å². The van der Waals surface area contributed by atoms with Gasteiger partial charge in [0.15, 0.2) is 0 Å². The van der Waals surface area contributed by atoms with Gasteiger partial charge in [0.05, 0.1) is 0 Å². The van der Waals surface area contributed by atoms with Crippen LogP contribution >= 0.6 is 0 Å². The number of hydrogen-bond acceptors (Lipinski definition) is 5. The molecule has 1 aromatic heterocycles. The van der Waals surface area contributed by atoms with Crippen LogP contribution < -0.4 is 10.2 Å². The number of benzene rings is 1. The van der Waals surface area contributed by atoms with E-state index in [0.717, 1.165) is 44.1 Å². The standard InChI is InChI=1S/C15H18N4O/c1-2-8-19(7-1)15-17-14(20-18-15)12-4-3-11-5-6-16-10-13(11)9-12/h3-4,9,16H,1-2,5-8,10H2. The van der Waals surface area contributed by atoms with Crippen LogP contribution in [0.4, 0.5) is 5.95 Å². The fourth-order valence-electron chi connectivity index (χ4n) is 2.99. The molecule has 5 nitrogen and oxygen atoms in total. The second kappa shape index (κ2) is 4.90. The summed E-state index contributed by atoms with van der Waals surface area (Å²) in [7, 11) is 0. The number of nitrogens with one attached hydrogen (secondary N) is 1. The van der Waals surface area contributed by atoms with Gasteiger partial charge in [-0.1, -0.05) is 6.07 Å². The Kier molecular flexibility index (Phi) is 2.92. The van der Waals surface area contributed by atoms with Crippen molar-refractivity contribution in [1.82, 2.24) is 15.5 Å². The Morgan fingerprint density at radius 1 is 1.15 bits per heavy atom. The summed E-state index contributed by atoms with van der Waals surface area (Å²) in [6.45, 7) is 4.06. The fourth-order valence-corrected chi connectivity index (χ4v) is 2.99. The van der Waals surface area contributed by atoms with Crippen LogP contribution in [0.5, 0.6) is 0 Å². The second-order valence-electron chi connectivity index (χ2n) is 5.50. The van der Waals surface area contributed by atoms with Gasteiger partial charge in [-0.05, 0) is 54.2 Å². The molecule has 20 heavy (non-hydrogen) atoms. The average molecular weight is 270 g/mol. The summed E-state index contributed by atoms with van der Waals surface area (Å²) in [6, 6.07) is 6.44. The molecule has 1 N–H and O–H groups in total. The van der Waals surface area contributed by atoms with E-state index in [2.05, 4.69) is 38.6 Å². The van der Waals surface area contributed by atoms with Gasteiger partial charge < -0.3 is 14.7 Å². The van der Waals surface area contributed by atoms with Crippen molar-refractivity contribution >= 4 is 5.95 Å². The lowest BCUT2D eigenvalue weighted by Gasteiger charge is -2.17. The molecule has 2 aromatic rings. The Labute approximate surface area is 118 Å². The summed E-state index contributed by atoms with van der Waals surface area (Å²) in [4.78, 5) is 6.73. The summed E-state index contributed by atoms with van der Waals surface area (Å²) in [6.07, 6.45) is 3.53. The van der Waals surface area contributed by atoms with E-state index in [-0.39, 0.29) is 0 Å². The first-order chi connectivity index (χ1) is 9.90. The normalized spacial score (nSPS) is 18.3. The molecule has 0 bridgehead atoms. The third-order valence-corrected chi connectivity index (χ3v) is 4.14. The fraction of sp³-hybridized carbons (Fsp3) is 0.467. The molecule has 104 valence electrons. The van der Waals surface area contributed by atoms with Crippen molar-refractivity contribution in [2.45, 2.75) is 25.8 Å². The van der Waals surface area contributed by atoms with Crippen LogP contribution in [0.1, 0.15) is 24.0 Å². The summed E-state index contributed by atoms with van der Waals surface area (Å²) >= 11 is 0. The summed E-state index contributed by atoms with van der Waals surface area (Å²) in [5.41, 5.74) is 3.78. The molecule has 0 radical (unpaired) electrons. The molecule has 0 atom stereocenters. The van der Waals surface area contributed by atoms with Crippen LogP contribution in [0.25, 0.3) is 11.5 Å². The zero-order chi connectivity index (χ0) is 13.4. The van der Waals surface area contributed by atoms with Gasteiger partial charge in [0.2, 0.25) is 0 Å². The lowest BCUT2D eigenvalue weighted by atomic mass is 9.98. The van der Waals surface area contributed by atoms with E-state index in [4.69, 9.17) is 4.52 Å². The van der Waals surface area contributed by atoms with E-state index in [1.54, 1.807) is 0 Å². The first-order valence-corrected chi connectivity index (χ1v) is 7.32. The molecule has 0 amide bonds. The SMILES string of the molecule is c1cc2c(cc1-c1nc(N3CCCC3)no1)CNCC2. The Morgan fingerprint density at radius 3 is 2.95 bits per heavy atom. The average Bonchev–Trinajstić information content (AvgIpc) is 3.17. The lowest BCUT2D eigenvalue weighted by Crippen LogP contribution is -2.23. The number of aromatic nitrogens is 2. The highest BCUT2D eigenvalue weighted by Gasteiger charge is 2.19. The molecule has 0 unspecified atom stereocenters. The van der Waals surface area contributed by atoms with Crippen LogP contribution in [0.15, 0.2) is 22.7 Å². The molecule has 1 aromatic carbocycles. The molecule has 0 spiro atoms. The van der Waals surface area contributed by atoms with Gasteiger partial charge in [-0.25, -0.2) is 0 Å². The van der Waals surface area contributed by atoms with Gasteiger partial charge in [-0.3, -0.25) is 0 Å². The maximum atomic E-state index is 5.43. The molecule has 1 saturated heterocycles. The molecule has 2 aliphatic heterocycles. The molecule has 2 aliphatic rings. The molecular formula is C15H18N4O. The lowest BCUT2D eigenvalue weighted by molar-refractivity contribution is 0.430. The monoisotopic (exact) mass is 270 g/mol. The third kappa shape index (κ3) is 2.08. The van der Waals surface area contributed by atoms with Gasteiger partial charge in [0, 0.05) is 25.2 Å². The Bertz CT molecular complexity index is 616. The van der Waals surface area contributed by atoms with E-state index in [9.17, 15) is 0 Å². The highest BCUT2D eigenvalue weighted by atomic mass is 16.5. The van der Waals surface area contributed by atoms with E-state index < -0.39 is 0 Å². The Morgan fingerprint density at radius 2 is 2.05 bits per heavy atom. The maximum absolute atomic E-state index is 5.43. The molecule has 0 saturated carbocycles. The van der Waals surface area contributed by atoms with Crippen LogP contribution in [-0.2, 0) is 13.0 Å². The zero-order valence-electron chi connectivity index (χ0n) is 11.4. The van der Waals surface area contributed by atoms with Crippen molar-refractivity contribution in [2.24, 2.45) is 0 Å². The summed E-state index contributed by atoms with van der Waals surface area (Å²) in [5.74, 6) is 1.36. The quantitative estimate of drug-likeness (QED) is 0.904. The summed E-state index contributed by atoms with van der Waals surface area (Å²) in [5, 5.41) is 7.51. The van der Waals surface area contributed by atoms with Gasteiger partial charge >= 0.3 is 0 Å². The minimum atomic E-state index is 0.625. The Hall–Kier alpha value is -1.88. The van der Waals surface area contributed by atoms with Crippen molar-refractivity contribution in [2.75, 3.05) is 24.5 Å². The van der Waals surface area contributed by atoms with Crippen molar-refractivity contribution in [3.63, 3.8) is 0 Å². The van der Waals surface area contributed by atoms with Gasteiger partial charge in [0.1, 0.15) is 0 Å². The number of hydrogen-bond donors (Lipinski definition) is 1. The van der Waals surface area contributed by atoms with Gasteiger partial charge in [0.25, 0.3) is 11.8 Å². The van der Waals surface area contributed by atoms with Crippen molar-refractivity contribution < 1.29 is 4.52 Å². The van der Waals surface area contributed by atoms with Gasteiger partial charge in [-0.15, -0.1) is 0 Å². The minimum Gasteiger partial charge on any atom is -0.338 e. The van der Waals surface area contributed by atoms with E-state index in [1.807, 2.05) is 0 Å². The third-order valence-electron chi connectivity index (χ3n) is 4.14. The van der Waals surface area contributed by atoms with Crippen molar-refractivity contribution in [3.8, 4) is 11.5 Å². The highest BCUT2D eigenvalue weighted by molar-refractivity contribution is 5.57. The van der Waals surface area contributed by atoms with Crippen LogP contribution in [0, 0.1) is 0 Å². The van der Waals surface area contributed by atoms with Crippen LogP contribution in [0.2, 0.25) is 0 Å². The number of nitrogens with zero attached hydrogens (tertiary/aromatic N) is 3. The first-order valence-electron chi connectivity index (χ1n) is 7.32. The smallest absolute Gasteiger partial charge is 0.266 e. The van der Waals surface area contributed by atoms with E-state index >= 15 is 0 Å². The maximum Gasteiger partial charge on any atom is 0.266 e. The number of fused-ring (bicyclic) bond motifs is 1. The predicted octanol–water partition coefficient (Wildman–Crippen LogP) is 1.98. The number of anilines is 1. The highest BCUT2D eigenvalue weighted by Crippen LogP contribution is 2.25. The van der Waals surface area contributed by atoms with Gasteiger partial charge in [-0.2, -0.15) is 4.98 Å². The molecular weight excluding hydrogens is 252 g/mol. The van der Waals surface area contributed by atoms with Crippen molar-refractivity contribution in [1.29, 1.82) is 0 Å². The molecule has 0 aliphatic carbocycles. The van der Waals surface area contributed by atoms with E-state index in [1.165, 1.54) is 24.0 Å². The Balaban J connectivity index is 1.63. The molecule has 1 fully saturated rings. The number of rotatable bonds is 2. The zero-order valence-corrected chi connectivity index (χ0v) is 11.4. The molecule has 3 heterocycles. The largest absolute Gasteiger partial charge is 0.338 e. The summed E-state index contributed by atoms with van der Waals surface area (Å²) < 4.78 is 5.43.